The maximum atomic E-state index is 13.5. The van der Waals surface area contributed by atoms with Crippen LogP contribution in [-0.4, -0.2) is 20.7 Å². The Morgan fingerprint density at radius 3 is 2.31 bits per heavy atom. The molecule has 1 aliphatic rings. The van der Waals surface area contributed by atoms with Crippen molar-refractivity contribution in [3.8, 4) is 11.4 Å². The number of nitrogens with zero attached hydrogens (tertiary/aromatic N) is 1. The van der Waals surface area contributed by atoms with Gasteiger partial charge in [-0.25, -0.2) is 4.39 Å². The van der Waals surface area contributed by atoms with E-state index in [0.29, 0.717) is 12.8 Å². The van der Waals surface area contributed by atoms with Crippen LogP contribution in [0.4, 0.5) is 4.39 Å². The number of aromatic hydroxyl groups is 1. The van der Waals surface area contributed by atoms with Gasteiger partial charge in [-0.15, -0.1) is 0 Å². The van der Waals surface area contributed by atoms with Crippen molar-refractivity contribution in [2.45, 2.75) is 51.4 Å². The van der Waals surface area contributed by atoms with E-state index < -0.39 is 5.97 Å². The highest BCUT2D eigenvalue weighted by Crippen LogP contribution is 2.45. The third kappa shape index (κ3) is 3.50. The smallest absolute Gasteiger partial charge is 0.306 e. The molecule has 4 rings (SSSR count). The molecule has 4 nitrogen and oxygen atoms in total. The molecule has 1 aromatic heterocycles. The van der Waals surface area contributed by atoms with Crippen LogP contribution in [0, 0.1) is 11.7 Å². The minimum absolute atomic E-state index is 0.210. The molecule has 0 saturated heterocycles. The maximum Gasteiger partial charge on any atom is 0.306 e. The Balaban J connectivity index is 1.91. The van der Waals surface area contributed by atoms with Crippen molar-refractivity contribution in [1.82, 2.24) is 4.57 Å². The zero-order chi connectivity index (χ0) is 20.7. The third-order valence-corrected chi connectivity index (χ3v) is 6.14. The first-order chi connectivity index (χ1) is 13.9. The molecule has 2 N–H and O–H groups in total. The molecule has 0 atom stereocenters. The number of phenolic OH excluding ortho intramolecular Hbond substituents is 1. The second kappa shape index (κ2) is 7.54. The molecule has 1 aliphatic carbocycles. The number of rotatable bonds is 4. The molecule has 5 heteroatoms. The summed E-state index contributed by atoms with van der Waals surface area (Å²) in [4.78, 5) is 11.4. The molecule has 1 saturated carbocycles. The van der Waals surface area contributed by atoms with E-state index in [9.17, 15) is 19.4 Å². The van der Waals surface area contributed by atoms with E-state index in [2.05, 4.69) is 18.4 Å². The third-order valence-electron chi connectivity index (χ3n) is 6.14. The highest BCUT2D eigenvalue weighted by molar-refractivity contribution is 5.89. The van der Waals surface area contributed by atoms with E-state index in [4.69, 9.17) is 0 Å². The number of benzene rings is 2. The van der Waals surface area contributed by atoms with Crippen molar-refractivity contribution in [2.24, 2.45) is 5.92 Å². The summed E-state index contributed by atoms with van der Waals surface area (Å²) in [6.45, 7) is 4.28. The van der Waals surface area contributed by atoms with Gasteiger partial charge in [-0.05, 0) is 85.5 Å². The topological polar surface area (TPSA) is 62.5 Å². The molecule has 3 aromatic rings. The summed E-state index contributed by atoms with van der Waals surface area (Å²) >= 11 is 0. The van der Waals surface area contributed by atoms with E-state index in [1.54, 1.807) is 24.3 Å². The predicted molar refractivity (Wildman–Crippen MR) is 111 cm³/mol. The van der Waals surface area contributed by atoms with Gasteiger partial charge in [0.05, 0.1) is 11.4 Å². The van der Waals surface area contributed by atoms with Crippen LogP contribution in [0.3, 0.4) is 0 Å². The Kier molecular flexibility index (Phi) is 5.07. The number of hydrogen-bond donors (Lipinski definition) is 2. The number of fused-ring (bicyclic) bond motifs is 1. The van der Waals surface area contributed by atoms with Crippen LogP contribution in [0.2, 0.25) is 0 Å². The fraction of sp³-hybridized carbons (Fsp3) is 0.375. The van der Waals surface area contributed by atoms with Crippen molar-refractivity contribution in [3.63, 3.8) is 0 Å². The quantitative estimate of drug-likeness (QED) is 0.573. The Bertz CT molecular complexity index is 1040. The Morgan fingerprint density at radius 2 is 1.72 bits per heavy atom. The maximum absolute atomic E-state index is 13.5. The van der Waals surface area contributed by atoms with E-state index in [-0.39, 0.29) is 29.3 Å². The van der Waals surface area contributed by atoms with Crippen LogP contribution in [0.5, 0.6) is 5.75 Å². The molecule has 0 unspecified atom stereocenters. The Labute approximate surface area is 169 Å². The van der Waals surface area contributed by atoms with Crippen LogP contribution in [0.25, 0.3) is 16.6 Å². The molecule has 1 heterocycles. The van der Waals surface area contributed by atoms with Gasteiger partial charge in [0.25, 0.3) is 0 Å². The summed E-state index contributed by atoms with van der Waals surface area (Å²) in [6, 6.07) is 11.9. The standard InChI is InChI=1S/C24H26FNO3/c1-14(2)23-22(15-3-5-16(6-4-15)24(28)29)20-13-19(27)11-12-21(20)26(23)18-9-7-17(25)8-10-18/h7-16,27H,3-6H2,1-2H3,(H,28,29). The fourth-order valence-corrected chi connectivity index (χ4v) is 4.82. The molecule has 0 aliphatic heterocycles. The highest BCUT2D eigenvalue weighted by atomic mass is 19.1. The Hall–Kier alpha value is -2.82. The van der Waals surface area contributed by atoms with Crippen LogP contribution in [0.15, 0.2) is 42.5 Å². The number of hydrogen-bond acceptors (Lipinski definition) is 2. The lowest BCUT2D eigenvalue weighted by Crippen LogP contribution is -2.21. The first-order valence-corrected chi connectivity index (χ1v) is 10.2. The molecule has 2 aromatic carbocycles. The van der Waals surface area contributed by atoms with Crippen LogP contribution < -0.4 is 0 Å². The van der Waals surface area contributed by atoms with Crippen LogP contribution in [-0.2, 0) is 4.79 Å². The summed E-state index contributed by atoms with van der Waals surface area (Å²) in [5, 5.41) is 20.5. The Morgan fingerprint density at radius 1 is 1.07 bits per heavy atom. The summed E-state index contributed by atoms with van der Waals surface area (Å²) in [7, 11) is 0. The van der Waals surface area contributed by atoms with E-state index in [0.717, 1.165) is 35.1 Å². The second-order valence-corrected chi connectivity index (χ2v) is 8.35. The molecule has 29 heavy (non-hydrogen) atoms. The number of carboxylic acid groups (broad SMARTS) is 1. The van der Waals surface area contributed by atoms with Crippen LogP contribution >= 0.6 is 0 Å². The van der Waals surface area contributed by atoms with E-state index in [1.807, 2.05) is 6.07 Å². The lowest BCUT2D eigenvalue weighted by molar-refractivity contribution is -0.142. The second-order valence-electron chi connectivity index (χ2n) is 8.35. The van der Waals surface area contributed by atoms with Gasteiger partial charge in [0.2, 0.25) is 0 Å². The summed E-state index contributed by atoms with van der Waals surface area (Å²) in [5.74, 6) is -0.590. The number of halogens is 1. The number of aromatic nitrogens is 1. The SMILES string of the molecule is CC(C)c1c(C2CCC(C(=O)O)CC2)c2cc(O)ccc2n1-c1ccc(F)cc1. The van der Waals surface area contributed by atoms with Crippen molar-refractivity contribution in [3.05, 3.63) is 59.5 Å². The predicted octanol–water partition coefficient (Wildman–Crippen LogP) is 5.96. The average Bonchev–Trinajstić information content (AvgIpc) is 3.03. The number of carbonyl (C=O) groups is 1. The monoisotopic (exact) mass is 395 g/mol. The zero-order valence-electron chi connectivity index (χ0n) is 16.7. The molecule has 0 amide bonds. The van der Waals surface area contributed by atoms with E-state index in [1.165, 1.54) is 17.7 Å². The largest absolute Gasteiger partial charge is 0.508 e. The molecule has 0 spiro atoms. The van der Waals surface area contributed by atoms with Gasteiger partial charge in [-0.2, -0.15) is 0 Å². The van der Waals surface area contributed by atoms with Gasteiger partial charge in [-0.3, -0.25) is 4.79 Å². The summed E-state index contributed by atoms with van der Waals surface area (Å²) < 4.78 is 15.7. The van der Waals surface area contributed by atoms with Crippen molar-refractivity contribution < 1.29 is 19.4 Å². The normalized spacial score (nSPS) is 19.7. The minimum atomic E-state index is -0.709. The number of phenols is 1. The van der Waals surface area contributed by atoms with Gasteiger partial charge in [0.1, 0.15) is 11.6 Å². The van der Waals surface area contributed by atoms with Crippen molar-refractivity contribution in [1.29, 1.82) is 0 Å². The van der Waals surface area contributed by atoms with Gasteiger partial charge < -0.3 is 14.8 Å². The molecule has 0 bridgehead atoms. The highest BCUT2D eigenvalue weighted by Gasteiger charge is 2.32. The van der Waals surface area contributed by atoms with Crippen LogP contribution in [0.1, 0.15) is 62.6 Å². The summed E-state index contributed by atoms with van der Waals surface area (Å²) in [6.07, 6.45) is 2.96. The van der Waals surface area contributed by atoms with E-state index >= 15 is 0 Å². The lowest BCUT2D eigenvalue weighted by Gasteiger charge is -2.28. The van der Waals surface area contributed by atoms with Gasteiger partial charge in [-0.1, -0.05) is 13.8 Å². The molecule has 1 fully saturated rings. The first-order valence-electron chi connectivity index (χ1n) is 10.2. The first kappa shape index (κ1) is 19.5. The molecular formula is C24H26FNO3. The van der Waals surface area contributed by atoms with Gasteiger partial charge in [0.15, 0.2) is 0 Å². The minimum Gasteiger partial charge on any atom is -0.508 e. The lowest BCUT2D eigenvalue weighted by atomic mass is 9.77. The van der Waals surface area contributed by atoms with Gasteiger partial charge in [0, 0.05) is 16.8 Å². The molecule has 0 radical (unpaired) electrons. The number of carboxylic acids is 1. The van der Waals surface area contributed by atoms with Gasteiger partial charge >= 0.3 is 5.97 Å². The fourth-order valence-electron chi connectivity index (χ4n) is 4.82. The molecular weight excluding hydrogens is 369 g/mol. The summed E-state index contributed by atoms with van der Waals surface area (Å²) in [5.41, 5.74) is 4.21. The number of aliphatic carboxylic acids is 1. The van der Waals surface area contributed by atoms with Crippen molar-refractivity contribution in [2.75, 3.05) is 0 Å². The molecule has 152 valence electrons. The average molecular weight is 395 g/mol. The van der Waals surface area contributed by atoms with Crippen molar-refractivity contribution >= 4 is 16.9 Å². The zero-order valence-corrected chi connectivity index (χ0v) is 16.7.